The number of carbonyl (C=O) groups is 2. The largest absolute Gasteiger partial charge is 0.495 e. The van der Waals surface area contributed by atoms with Gasteiger partial charge in [0.1, 0.15) is 5.75 Å². The van der Waals surface area contributed by atoms with E-state index in [2.05, 4.69) is 10.6 Å². The molecule has 1 aromatic rings. The molecule has 2 rings (SSSR count). The minimum absolute atomic E-state index is 0.000618. The number of carbonyl (C=O) groups excluding carboxylic acids is 2. The van der Waals surface area contributed by atoms with Crippen molar-refractivity contribution in [3.8, 4) is 5.75 Å². The van der Waals surface area contributed by atoms with Crippen molar-refractivity contribution in [1.82, 2.24) is 5.32 Å². The number of methoxy groups -OCH3 is 1. The third-order valence-electron chi connectivity index (χ3n) is 4.70. The summed E-state index contributed by atoms with van der Waals surface area (Å²) < 4.78 is 5.24. The molecule has 1 aliphatic carbocycles. The van der Waals surface area contributed by atoms with E-state index in [0.29, 0.717) is 29.5 Å². The molecule has 1 aliphatic rings. The molecule has 0 aromatic heterocycles. The lowest BCUT2D eigenvalue weighted by Gasteiger charge is -2.17. The molecule has 138 valence electrons. The van der Waals surface area contributed by atoms with E-state index in [0.717, 1.165) is 24.8 Å². The van der Waals surface area contributed by atoms with Gasteiger partial charge in [-0.1, -0.05) is 18.0 Å². The van der Waals surface area contributed by atoms with Crippen molar-refractivity contribution in [1.29, 1.82) is 0 Å². The van der Waals surface area contributed by atoms with E-state index in [4.69, 9.17) is 22.1 Å². The van der Waals surface area contributed by atoms with Crippen molar-refractivity contribution in [3.05, 3.63) is 22.7 Å². The number of amides is 2. The predicted octanol–water partition coefficient (Wildman–Crippen LogP) is 2.48. The fourth-order valence-electron chi connectivity index (χ4n) is 3.24. The van der Waals surface area contributed by atoms with Gasteiger partial charge in [0.25, 0.3) is 0 Å². The minimum Gasteiger partial charge on any atom is -0.495 e. The van der Waals surface area contributed by atoms with Crippen LogP contribution in [0.5, 0.6) is 5.75 Å². The van der Waals surface area contributed by atoms with Crippen LogP contribution in [0.15, 0.2) is 12.1 Å². The Morgan fingerprint density at radius 3 is 2.80 bits per heavy atom. The van der Waals surface area contributed by atoms with Gasteiger partial charge < -0.3 is 21.1 Å². The van der Waals surface area contributed by atoms with E-state index in [1.807, 2.05) is 6.92 Å². The fourth-order valence-corrected chi connectivity index (χ4v) is 3.39. The van der Waals surface area contributed by atoms with Crippen molar-refractivity contribution >= 4 is 29.1 Å². The van der Waals surface area contributed by atoms with Crippen LogP contribution in [0.2, 0.25) is 5.02 Å². The molecule has 1 fully saturated rings. The molecule has 1 aromatic carbocycles. The Balaban J connectivity index is 1.83. The van der Waals surface area contributed by atoms with Gasteiger partial charge in [0, 0.05) is 30.0 Å². The molecule has 25 heavy (non-hydrogen) atoms. The zero-order chi connectivity index (χ0) is 18.4. The van der Waals surface area contributed by atoms with Crippen LogP contribution < -0.4 is 21.1 Å². The second kappa shape index (κ2) is 9.06. The van der Waals surface area contributed by atoms with Gasteiger partial charge in [-0.25, -0.2) is 0 Å². The molecule has 2 atom stereocenters. The lowest BCUT2D eigenvalue weighted by atomic mass is 9.95. The molecule has 4 N–H and O–H groups in total. The monoisotopic (exact) mass is 367 g/mol. The van der Waals surface area contributed by atoms with Gasteiger partial charge in [-0.2, -0.15) is 0 Å². The van der Waals surface area contributed by atoms with Crippen LogP contribution >= 0.6 is 11.6 Å². The van der Waals surface area contributed by atoms with Crippen LogP contribution in [-0.2, 0) is 9.59 Å². The van der Waals surface area contributed by atoms with E-state index in [9.17, 15) is 9.59 Å². The lowest BCUT2D eigenvalue weighted by molar-refractivity contribution is -0.126. The topological polar surface area (TPSA) is 93.5 Å². The molecule has 2 amide bonds. The van der Waals surface area contributed by atoms with Gasteiger partial charge in [0.15, 0.2) is 0 Å². The Morgan fingerprint density at radius 1 is 1.36 bits per heavy atom. The molecule has 0 unspecified atom stereocenters. The van der Waals surface area contributed by atoms with Gasteiger partial charge in [0.2, 0.25) is 11.8 Å². The van der Waals surface area contributed by atoms with Crippen molar-refractivity contribution in [2.75, 3.05) is 25.5 Å². The maximum absolute atomic E-state index is 12.2. The smallest absolute Gasteiger partial charge is 0.226 e. The summed E-state index contributed by atoms with van der Waals surface area (Å²) in [5, 5.41) is 6.22. The maximum atomic E-state index is 12.2. The highest BCUT2D eigenvalue weighted by molar-refractivity contribution is 6.31. The highest BCUT2D eigenvalue weighted by Crippen LogP contribution is 2.32. The zero-order valence-corrected chi connectivity index (χ0v) is 15.5. The van der Waals surface area contributed by atoms with Crippen molar-refractivity contribution in [2.45, 2.75) is 32.6 Å². The van der Waals surface area contributed by atoms with Gasteiger partial charge in [-0.15, -0.1) is 0 Å². The van der Waals surface area contributed by atoms with E-state index in [-0.39, 0.29) is 30.1 Å². The number of nitrogens with two attached hydrogens (primary N) is 1. The molecule has 0 bridgehead atoms. The summed E-state index contributed by atoms with van der Waals surface area (Å²) in [5.41, 5.74) is 7.13. The number of hydrogen-bond acceptors (Lipinski definition) is 4. The SMILES string of the molecule is COc1cc(Cl)c(C)cc1NC(=O)CCNC(=O)[C@@H]1CCC[C@@H]1CN. The van der Waals surface area contributed by atoms with Crippen molar-refractivity contribution in [3.63, 3.8) is 0 Å². The highest BCUT2D eigenvalue weighted by atomic mass is 35.5. The second-order valence-corrected chi connectivity index (χ2v) is 6.83. The summed E-state index contributed by atoms with van der Waals surface area (Å²) >= 11 is 6.06. The van der Waals surface area contributed by atoms with Gasteiger partial charge >= 0.3 is 0 Å². The van der Waals surface area contributed by atoms with E-state index in [1.165, 1.54) is 7.11 Å². The summed E-state index contributed by atoms with van der Waals surface area (Å²) in [6.07, 6.45) is 3.11. The van der Waals surface area contributed by atoms with Gasteiger partial charge in [-0.05, 0) is 43.9 Å². The first-order valence-corrected chi connectivity index (χ1v) is 8.95. The molecule has 0 radical (unpaired) electrons. The lowest BCUT2D eigenvalue weighted by Crippen LogP contribution is -2.36. The predicted molar refractivity (Wildman–Crippen MR) is 98.9 cm³/mol. The standard InChI is InChI=1S/C18H26ClN3O3/c1-11-8-15(16(25-2)9-14(11)19)22-17(23)6-7-21-18(24)13-5-3-4-12(13)10-20/h8-9,12-13H,3-7,10,20H2,1-2H3,(H,21,24)(H,22,23)/t12-,13-/m1/s1. The second-order valence-electron chi connectivity index (χ2n) is 6.42. The number of halogens is 1. The normalized spacial score (nSPS) is 19.5. The first kappa shape index (κ1) is 19.5. The molecule has 6 nitrogen and oxygen atoms in total. The van der Waals surface area contributed by atoms with Crippen molar-refractivity contribution < 1.29 is 14.3 Å². The van der Waals surface area contributed by atoms with E-state index in [1.54, 1.807) is 12.1 Å². The highest BCUT2D eigenvalue weighted by Gasteiger charge is 2.31. The average Bonchev–Trinajstić information content (AvgIpc) is 3.06. The molecule has 7 heteroatoms. The summed E-state index contributed by atoms with van der Waals surface area (Å²) in [6, 6.07) is 3.43. The molecule has 0 aliphatic heterocycles. The van der Waals surface area contributed by atoms with Crippen molar-refractivity contribution in [2.24, 2.45) is 17.6 Å². The maximum Gasteiger partial charge on any atom is 0.226 e. The number of aryl methyl sites for hydroxylation is 1. The number of hydrogen-bond donors (Lipinski definition) is 3. The first-order chi connectivity index (χ1) is 12.0. The molecule has 0 spiro atoms. The zero-order valence-electron chi connectivity index (χ0n) is 14.7. The third-order valence-corrected chi connectivity index (χ3v) is 5.11. The van der Waals surface area contributed by atoms with E-state index < -0.39 is 0 Å². The van der Waals surface area contributed by atoms with Crippen LogP contribution in [0.3, 0.4) is 0 Å². The third kappa shape index (κ3) is 5.09. The number of benzene rings is 1. The molecule has 1 saturated carbocycles. The molecule has 0 saturated heterocycles. The van der Waals surface area contributed by atoms with Crippen LogP contribution in [0.25, 0.3) is 0 Å². The Morgan fingerprint density at radius 2 is 2.12 bits per heavy atom. The first-order valence-electron chi connectivity index (χ1n) is 8.58. The quantitative estimate of drug-likeness (QED) is 0.690. The number of ether oxygens (including phenoxy) is 1. The van der Waals surface area contributed by atoms with Crippen LogP contribution in [0, 0.1) is 18.8 Å². The van der Waals surface area contributed by atoms with Crippen LogP contribution in [0.4, 0.5) is 5.69 Å². The number of nitrogens with one attached hydrogen (secondary N) is 2. The Labute approximate surface area is 153 Å². The summed E-state index contributed by atoms with van der Waals surface area (Å²) in [6.45, 7) is 2.69. The molecular weight excluding hydrogens is 342 g/mol. The average molecular weight is 368 g/mol. The molecule has 0 heterocycles. The minimum atomic E-state index is -0.192. The number of anilines is 1. The van der Waals surface area contributed by atoms with Gasteiger partial charge in [-0.3, -0.25) is 9.59 Å². The van der Waals surface area contributed by atoms with Crippen LogP contribution in [0.1, 0.15) is 31.2 Å². The summed E-state index contributed by atoms with van der Waals surface area (Å²) in [4.78, 5) is 24.3. The summed E-state index contributed by atoms with van der Waals surface area (Å²) in [5.74, 6) is 0.551. The molecular formula is C18H26ClN3O3. The van der Waals surface area contributed by atoms with Crippen LogP contribution in [-0.4, -0.2) is 32.0 Å². The Kier molecular flexibility index (Phi) is 7.08. The number of rotatable bonds is 7. The summed E-state index contributed by atoms with van der Waals surface area (Å²) in [7, 11) is 1.52. The van der Waals surface area contributed by atoms with E-state index >= 15 is 0 Å². The Hall–Kier alpha value is -1.79. The Bertz CT molecular complexity index is 636. The van der Waals surface area contributed by atoms with Gasteiger partial charge in [0.05, 0.1) is 12.8 Å². The fraction of sp³-hybridized carbons (Fsp3) is 0.556.